The van der Waals surface area contributed by atoms with E-state index in [9.17, 15) is 13.2 Å². The summed E-state index contributed by atoms with van der Waals surface area (Å²) in [5, 5.41) is 0.636. The van der Waals surface area contributed by atoms with Gasteiger partial charge in [0.1, 0.15) is 11.5 Å². The van der Waals surface area contributed by atoms with Crippen LogP contribution >= 0.6 is 11.6 Å². The second kappa shape index (κ2) is 9.29. The molecule has 0 aliphatic carbocycles. The quantitative estimate of drug-likeness (QED) is 0.345. The number of ether oxygens (including phenoxy) is 1. The highest BCUT2D eigenvalue weighted by molar-refractivity contribution is 6.30. The average Bonchev–Trinajstić information content (AvgIpc) is 3.20. The summed E-state index contributed by atoms with van der Waals surface area (Å²) in [5.74, 6) is 1.68. The minimum atomic E-state index is -4.36. The first kappa shape index (κ1) is 22.3. The number of halogens is 4. The predicted molar refractivity (Wildman–Crippen MR) is 122 cm³/mol. The van der Waals surface area contributed by atoms with Crippen molar-refractivity contribution in [3.63, 3.8) is 0 Å². The Labute approximate surface area is 190 Å². The topological polar surface area (TPSA) is 12.5 Å². The fourth-order valence-corrected chi connectivity index (χ4v) is 4.32. The molecule has 166 valence electrons. The minimum absolute atomic E-state index is 0.134. The van der Waals surface area contributed by atoms with Gasteiger partial charge in [0, 0.05) is 17.3 Å². The van der Waals surface area contributed by atoms with Crippen molar-refractivity contribution in [1.29, 1.82) is 0 Å². The van der Waals surface area contributed by atoms with E-state index in [0.29, 0.717) is 28.0 Å². The summed E-state index contributed by atoms with van der Waals surface area (Å²) in [5.41, 5.74) is 1.00. The Kier molecular flexibility index (Phi) is 6.47. The van der Waals surface area contributed by atoms with Gasteiger partial charge in [0.15, 0.2) is 0 Å². The molecule has 0 spiro atoms. The predicted octanol–water partition coefficient (Wildman–Crippen LogP) is 8.29. The standard InChI is InChI=1S/C26H23ClF3NO/c1-2-4-18-15-25(19-5-3-6-20(16-19)26(28,29)30)31(17-18)22-9-13-24(14-10-22)32-23-11-7-21(27)8-12-23/h2-3,5-14,16,18,25H,1,4,15,17H2/t18-,25+/m0/s1. The maximum absolute atomic E-state index is 13.3. The fourth-order valence-electron chi connectivity index (χ4n) is 4.20. The Morgan fingerprint density at radius 3 is 2.28 bits per heavy atom. The molecule has 6 heteroatoms. The number of nitrogens with zero attached hydrogens (tertiary/aromatic N) is 1. The van der Waals surface area contributed by atoms with Crippen LogP contribution in [0.4, 0.5) is 18.9 Å². The number of allylic oxidation sites excluding steroid dienone is 1. The van der Waals surface area contributed by atoms with Crippen LogP contribution in [-0.4, -0.2) is 6.54 Å². The molecule has 2 atom stereocenters. The monoisotopic (exact) mass is 457 g/mol. The van der Waals surface area contributed by atoms with Crippen LogP contribution in [0.5, 0.6) is 11.5 Å². The summed E-state index contributed by atoms with van der Waals surface area (Å²) in [4.78, 5) is 2.18. The van der Waals surface area contributed by atoms with Gasteiger partial charge >= 0.3 is 6.18 Å². The molecule has 1 saturated heterocycles. The second-order valence-electron chi connectivity index (χ2n) is 7.97. The lowest BCUT2D eigenvalue weighted by Crippen LogP contribution is -2.23. The molecule has 2 nitrogen and oxygen atoms in total. The van der Waals surface area contributed by atoms with Gasteiger partial charge in [0.2, 0.25) is 0 Å². The Morgan fingerprint density at radius 1 is 1.00 bits per heavy atom. The zero-order valence-corrected chi connectivity index (χ0v) is 18.1. The maximum atomic E-state index is 13.3. The van der Waals surface area contributed by atoms with E-state index in [0.717, 1.165) is 31.1 Å². The van der Waals surface area contributed by atoms with Crippen LogP contribution in [0.25, 0.3) is 0 Å². The van der Waals surface area contributed by atoms with Crippen LogP contribution in [0.1, 0.15) is 30.0 Å². The Bertz CT molecular complexity index is 1060. The van der Waals surface area contributed by atoms with Gasteiger partial charge in [-0.3, -0.25) is 0 Å². The zero-order chi connectivity index (χ0) is 22.7. The molecule has 1 aliphatic heterocycles. The number of alkyl halides is 3. The van der Waals surface area contributed by atoms with E-state index < -0.39 is 11.7 Å². The molecule has 0 saturated carbocycles. The molecular weight excluding hydrogens is 435 g/mol. The van der Waals surface area contributed by atoms with Crippen LogP contribution in [0.15, 0.2) is 85.5 Å². The number of hydrogen-bond donors (Lipinski definition) is 0. The molecule has 0 amide bonds. The van der Waals surface area contributed by atoms with Gasteiger partial charge in [0.05, 0.1) is 11.6 Å². The largest absolute Gasteiger partial charge is 0.457 e. The zero-order valence-electron chi connectivity index (χ0n) is 17.4. The highest BCUT2D eigenvalue weighted by Crippen LogP contribution is 2.42. The number of anilines is 1. The fraction of sp³-hybridized carbons (Fsp3) is 0.231. The van der Waals surface area contributed by atoms with E-state index in [4.69, 9.17) is 16.3 Å². The molecule has 1 heterocycles. The lowest BCUT2D eigenvalue weighted by molar-refractivity contribution is -0.137. The highest BCUT2D eigenvalue weighted by Gasteiger charge is 2.35. The van der Waals surface area contributed by atoms with Crippen LogP contribution in [-0.2, 0) is 6.18 Å². The molecule has 0 aromatic heterocycles. The Morgan fingerprint density at radius 2 is 1.66 bits per heavy atom. The third-order valence-electron chi connectivity index (χ3n) is 5.70. The lowest BCUT2D eigenvalue weighted by Gasteiger charge is -2.28. The van der Waals surface area contributed by atoms with Gasteiger partial charge in [-0.25, -0.2) is 0 Å². The van der Waals surface area contributed by atoms with Crippen molar-refractivity contribution in [3.05, 3.63) is 102 Å². The summed E-state index contributed by atoms with van der Waals surface area (Å²) in [6.45, 7) is 4.59. The molecule has 1 aliphatic rings. The summed E-state index contributed by atoms with van der Waals surface area (Å²) < 4.78 is 45.7. The first-order chi connectivity index (χ1) is 15.3. The van der Waals surface area contributed by atoms with Crippen molar-refractivity contribution in [2.45, 2.75) is 25.1 Å². The van der Waals surface area contributed by atoms with Crippen molar-refractivity contribution in [2.24, 2.45) is 5.92 Å². The molecule has 3 aromatic rings. The summed E-state index contributed by atoms with van der Waals surface area (Å²) >= 11 is 5.91. The van der Waals surface area contributed by atoms with Crippen molar-refractivity contribution in [2.75, 3.05) is 11.4 Å². The summed E-state index contributed by atoms with van der Waals surface area (Å²) in [6.07, 6.45) is -0.888. The van der Waals surface area contributed by atoms with Gasteiger partial charge in [-0.2, -0.15) is 13.2 Å². The first-order valence-electron chi connectivity index (χ1n) is 10.4. The Hall–Kier alpha value is -2.92. The van der Waals surface area contributed by atoms with Crippen LogP contribution < -0.4 is 9.64 Å². The van der Waals surface area contributed by atoms with Crippen molar-refractivity contribution < 1.29 is 17.9 Å². The highest BCUT2D eigenvalue weighted by atomic mass is 35.5. The molecule has 0 unspecified atom stereocenters. The normalized spacial score (nSPS) is 18.6. The van der Waals surface area contributed by atoms with Crippen LogP contribution in [0.2, 0.25) is 5.02 Å². The van der Waals surface area contributed by atoms with Crippen molar-refractivity contribution >= 4 is 17.3 Å². The van der Waals surface area contributed by atoms with Crippen molar-refractivity contribution in [1.82, 2.24) is 0 Å². The van der Waals surface area contributed by atoms with Gasteiger partial charge in [-0.05, 0) is 85.0 Å². The second-order valence-corrected chi connectivity index (χ2v) is 8.40. The molecule has 4 rings (SSSR count). The third-order valence-corrected chi connectivity index (χ3v) is 5.96. The Balaban J connectivity index is 1.58. The SMILES string of the molecule is C=CC[C@H]1C[C@H](c2cccc(C(F)(F)F)c2)N(c2ccc(Oc3ccc(Cl)cc3)cc2)C1. The summed E-state index contributed by atoms with van der Waals surface area (Å²) in [6, 6.07) is 20.3. The molecule has 0 N–H and O–H groups in total. The van der Waals surface area contributed by atoms with Crippen LogP contribution in [0.3, 0.4) is 0 Å². The van der Waals surface area contributed by atoms with Crippen LogP contribution in [0, 0.1) is 5.92 Å². The molecule has 0 bridgehead atoms. The number of benzene rings is 3. The van der Waals surface area contributed by atoms with Gasteiger partial charge in [0.25, 0.3) is 0 Å². The molecular formula is C26H23ClF3NO. The number of hydrogen-bond acceptors (Lipinski definition) is 2. The third kappa shape index (κ3) is 5.10. The van der Waals surface area contributed by atoms with E-state index in [1.54, 1.807) is 30.3 Å². The lowest BCUT2D eigenvalue weighted by atomic mass is 9.96. The first-order valence-corrected chi connectivity index (χ1v) is 10.8. The average molecular weight is 458 g/mol. The molecule has 0 radical (unpaired) electrons. The maximum Gasteiger partial charge on any atom is 0.416 e. The van der Waals surface area contributed by atoms with E-state index in [2.05, 4.69) is 11.5 Å². The van der Waals surface area contributed by atoms with Gasteiger partial charge < -0.3 is 9.64 Å². The van der Waals surface area contributed by atoms with E-state index >= 15 is 0 Å². The molecule has 1 fully saturated rings. The van der Waals surface area contributed by atoms with E-state index in [1.165, 1.54) is 12.1 Å². The van der Waals surface area contributed by atoms with Crippen molar-refractivity contribution in [3.8, 4) is 11.5 Å². The smallest absolute Gasteiger partial charge is 0.416 e. The van der Waals surface area contributed by atoms with E-state index in [-0.39, 0.29) is 6.04 Å². The van der Waals surface area contributed by atoms with Gasteiger partial charge in [-0.15, -0.1) is 6.58 Å². The number of rotatable bonds is 6. The minimum Gasteiger partial charge on any atom is -0.457 e. The summed E-state index contributed by atoms with van der Waals surface area (Å²) in [7, 11) is 0. The van der Waals surface area contributed by atoms with E-state index in [1.807, 2.05) is 30.3 Å². The molecule has 3 aromatic carbocycles. The van der Waals surface area contributed by atoms with Gasteiger partial charge in [-0.1, -0.05) is 29.8 Å². The molecule has 32 heavy (non-hydrogen) atoms.